The summed E-state index contributed by atoms with van der Waals surface area (Å²) in [6.45, 7) is 2.73. The Labute approximate surface area is 106 Å². The first-order valence-electron chi connectivity index (χ1n) is 6.07. The molecule has 2 N–H and O–H groups in total. The molecule has 1 amide bonds. The van der Waals surface area contributed by atoms with Crippen LogP contribution in [0, 0.1) is 5.82 Å². The highest BCUT2D eigenvalue weighted by Crippen LogP contribution is 2.03. The number of hydrogen-bond donors (Lipinski definition) is 2. The van der Waals surface area contributed by atoms with Crippen LogP contribution in [0.1, 0.15) is 5.56 Å². The number of nitrogens with zero attached hydrogens (tertiary/aromatic N) is 1. The Morgan fingerprint density at radius 1 is 1.44 bits per heavy atom. The van der Waals surface area contributed by atoms with Crippen molar-refractivity contribution in [2.24, 2.45) is 0 Å². The van der Waals surface area contributed by atoms with E-state index in [4.69, 9.17) is 0 Å². The maximum absolute atomic E-state index is 12.7. The van der Waals surface area contributed by atoms with E-state index in [0.717, 1.165) is 18.7 Å². The summed E-state index contributed by atoms with van der Waals surface area (Å²) in [5.74, 6) is -0.268. The highest BCUT2D eigenvalue weighted by atomic mass is 19.1. The Bertz CT molecular complexity index is 403. The van der Waals surface area contributed by atoms with Crippen LogP contribution in [-0.4, -0.2) is 43.5 Å². The number of carbonyl (C=O) groups is 1. The molecule has 2 rings (SSSR count). The molecule has 0 aromatic heterocycles. The topological polar surface area (TPSA) is 44.4 Å². The number of amides is 1. The Morgan fingerprint density at radius 3 is 2.67 bits per heavy atom. The molecule has 1 aliphatic heterocycles. The predicted octanol–water partition coefficient (Wildman–Crippen LogP) is 0.345. The monoisotopic (exact) mass is 251 g/mol. The Balaban J connectivity index is 1.72. The van der Waals surface area contributed by atoms with Gasteiger partial charge in [-0.25, -0.2) is 4.39 Å². The first kappa shape index (κ1) is 13.0. The van der Waals surface area contributed by atoms with E-state index in [9.17, 15) is 9.18 Å². The van der Waals surface area contributed by atoms with E-state index in [2.05, 4.69) is 10.6 Å². The molecule has 0 atom stereocenters. The molecule has 0 spiro atoms. The quantitative estimate of drug-likeness (QED) is 0.793. The summed E-state index contributed by atoms with van der Waals surface area (Å²) in [4.78, 5) is 13.7. The van der Waals surface area contributed by atoms with Crippen LogP contribution in [-0.2, 0) is 11.3 Å². The average Bonchev–Trinajstić information content (AvgIpc) is 2.25. The Morgan fingerprint density at radius 2 is 2.11 bits per heavy atom. The summed E-state index contributed by atoms with van der Waals surface area (Å²) in [6, 6.07) is 6.60. The molecular formula is C13H18FN3O. The van der Waals surface area contributed by atoms with Crippen molar-refractivity contribution in [3.05, 3.63) is 35.6 Å². The van der Waals surface area contributed by atoms with Gasteiger partial charge in [-0.15, -0.1) is 0 Å². The van der Waals surface area contributed by atoms with Crippen molar-refractivity contribution in [1.29, 1.82) is 0 Å². The van der Waals surface area contributed by atoms with Gasteiger partial charge in [0.15, 0.2) is 0 Å². The zero-order valence-corrected chi connectivity index (χ0v) is 10.4. The SMILES string of the molecule is CN(CC(=O)NCc1ccc(F)cc1)C1CNC1. The van der Waals surface area contributed by atoms with Crippen LogP contribution < -0.4 is 10.6 Å². The van der Waals surface area contributed by atoms with Gasteiger partial charge in [-0.3, -0.25) is 9.69 Å². The zero-order valence-electron chi connectivity index (χ0n) is 10.4. The molecule has 1 fully saturated rings. The van der Waals surface area contributed by atoms with Gasteiger partial charge in [0.2, 0.25) is 5.91 Å². The van der Waals surface area contributed by atoms with Crippen LogP contribution in [0.15, 0.2) is 24.3 Å². The van der Waals surface area contributed by atoms with Gasteiger partial charge in [0.25, 0.3) is 0 Å². The fourth-order valence-corrected chi connectivity index (χ4v) is 1.80. The minimum atomic E-state index is -0.262. The number of halogens is 1. The highest BCUT2D eigenvalue weighted by Gasteiger charge is 2.22. The summed E-state index contributed by atoms with van der Waals surface area (Å²) < 4.78 is 12.7. The van der Waals surface area contributed by atoms with E-state index >= 15 is 0 Å². The summed E-state index contributed by atoms with van der Waals surface area (Å²) in [6.07, 6.45) is 0. The van der Waals surface area contributed by atoms with Gasteiger partial charge in [0, 0.05) is 25.7 Å². The smallest absolute Gasteiger partial charge is 0.234 e. The van der Waals surface area contributed by atoms with Gasteiger partial charge in [-0.1, -0.05) is 12.1 Å². The van der Waals surface area contributed by atoms with Crippen molar-refractivity contribution in [2.45, 2.75) is 12.6 Å². The third kappa shape index (κ3) is 3.51. The molecule has 98 valence electrons. The first-order valence-corrected chi connectivity index (χ1v) is 6.07. The predicted molar refractivity (Wildman–Crippen MR) is 67.5 cm³/mol. The van der Waals surface area contributed by atoms with E-state index in [1.54, 1.807) is 12.1 Å². The van der Waals surface area contributed by atoms with Gasteiger partial charge < -0.3 is 10.6 Å². The summed E-state index contributed by atoms with van der Waals surface area (Å²) in [7, 11) is 1.95. The minimum Gasteiger partial charge on any atom is -0.351 e. The number of nitrogens with one attached hydrogen (secondary N) is 2. The molecule has 0 bridgehead atoms. The fraction of sp³-hybridized carbons (Fsp3) is 0.462. The highest BCUT2D eigenvalue weighted by molar-refractivity contribution is 5.78. The maximum atomic E-state index is 12.7. The zero-order chi connectivity index (χ0) is 13.0. The number of likely N-dealkylation sites (N-methyl/N-ethyl adjacent to an activating group) is 1. The molecule has 0 unspecified atom stereocenters. The Hall–Kier alpha value is -1.46. The summed E-state index contributed by atoms with van der Waals surface area (Å²) in [5, 5.41) is 6.00. The lowest BCUT2D eigenvalue weighted by Gasteiger charge is -2.35. The Kier molecular flexibility index (Phi) is 4.28. The fourth-order valence-electron chi connectivity index (χ4n) is 1.80. The van der Waals surface area contributed by atoms with E-state index in [0.29, 0.717) is 19.1 Å². The van der Waals surface area contributed by atoms with Crippen molar-refractivity contribution in [1.82, 2.24) is 15.5 Å². The van der Waals surface area contributed by atoms with Crippen molar-refractivity contribution in [2.75, 3.05) is 26.7 Å². The third-order valence-electron chi connectivity index (χ3n) is 3.18. The van der Waals surface area contributed by atoms with Crippen molar-refractivity contribution >= 4 is 5.91 Å². The minimum absolute atomic E-state index is 0.00581. The van der Waals surface area contributed by atoms with Crippen LogP contribution in [0.4, 0.5) is 4.39 Å². The van der Waals surface area contributed by atoms with E-state index in [1.165, 1.54) is 12.1 Å². The molecule has 1 aromatic rings. The second kappa shape index (κ2) is 5.93. The van der Waals surface area contributed by atoms with Crippen molar-refractivity contribution in [3.8, 4) is 0 Å². The number of benzene rings is 1. The molecule has 0 saturated carbocycles. The standard InChI is InChI=1S/C13H18FN3O/c1-17(12-7-15-8-12)9-13(18)16-6-10-2-4-11(14)5-3-10/h2-5,12,15H,6-9H2,1H3,(H,16,18). The van der Waals surface area contributed by atoms with Crippen LogP contribution in [0.2, 0.25) is 0 Å². The molecule has 5 heteroatoms. The van der Waals surface area contributed by atoms with Gasteiger partial charge in [-0.2, -0.15) is 0 Å². The van der Waals surface area contributed by atoms with Gasteiger partial charge in [-0.05, 0) is 24.7 Å². The lowest BCUT2D eigenvalue weighted by atomic mass is 10.1. The van der Waals surface area contributed by atoms with Gasteiger partial charge in [0.05, 0.1) is 6.54 Å². The molecule has 1 aliphatic rings. The second-order valence-electron chi connectivity index (χ2n) is 4.63. The molecular weight excluding hydrogens is 233 g/mol. The lowest BCUT2D eigenvalue weighted by molar-refractivity contribution is -0.122. The number of rotatable bonds is 5. The number of carbonyl (C=O) groups excluding carboxylic acids is 1. The lowest BCUT2D eigenvalue weighted by Crippen LogP contribution is -2.57. The van der Waals surface area contributed by atoms with E-state index in [1.807, 2.05) is 11.9 Å². The third-order valence-corrected chi connectivity index (χ3v) is 3.18. The van der Waals surface area contributed by atoms with Gasteiger partial charge in [0.1, 0.15) is 5.82 Å². The van der Waals surface area contributed by atoms with Gasteiger partial charge >= 0.3 is 0 Å². The number of hydrogen-bond acceptors (Lipinski definition) is 3. The second-order valence-corrected chi connectivity index (χ2v) is 4.63. The molecule has 0 aliphatic carbocycles. The molecule has 0 radical (unpaired) electrons. The molecule has 4 nitrogen and oxygen atoms in total. The molecule has 1 heterocycles. The largest absolute Gasteiger partial charge is 0.351 e. The van der Waals surface area contributed by atoms with Crippen molar-refractivity contribution < 1.29 is 9.18 Å². The van der Waals surface area contributed by atoms with E-state index in [-0.39, 0.29) is 11.7 Å². The van der Waals surface area contributed by atoms with Crippen LogP contribution in [0.5, 0.6) is 0 Å². The van der Waals surface area contributed by atoms with Crippen LogP contribution in [0.3, 0.4) is 0 Å². The first-order chi connectivity index (χ1) is 8.65. The molecule has 1 saturated heterocycles. The molecule has 1 aromatic carbocycles. The average molecular weight is 251 g/mol. The molecule has 18 heavy (non-hydrogen) atoms. The maximum Gasteiger partial charge on any atom is 0.234 e. The van der Waals surface area contributed by atoms with E-state index < -0.39 is 0 Å². The summed E-state index contributed by atoms with van der Waals surface area (Å²) in [5.41, 5.74) is 0.901. The van der Waals surface area contributed by atoms with Crippen LogP contribution >= 0.6 is 0 Å². The normalized spacial score (nSPS) is 15.5. The van der Waals surface area contributed by atoms with Crippen LogP contribution in [0.25, 0.3) is 0 Å². The van der Waals surface area contributed by atoms with Crippen molar-refractivity contribution in [3.63, 3.8) is 0 Å². The summed E-state index contributed by atoms with van der Waals surface area (Å²) >= 11 is 0.